The Labute approximate surface area is 90.2 Å². The summed E-state index contributed by atoms with van der Waals surface area (Å²) in [5.41, 5.74) is 0.501. The standard InChI is InChI=1S/C8H10BrClN2O/c1-3-12(2)8(13)6-4-5(10)7(9)11-6/h4,11H,3H2,1-2H3. The molecule has 0 fully saturated rings. The van der Waals surface area contributed by atoms with Crippen molar-refractivity contribution < 1.29 is 4.79 Å². The minimum Gasteiger partial charge on any atom is -0.344 e. The van der Waals surface area contributed by atoms with E-state index in [4.69, 9.17) is 11.6 Å². The van der Waals surface area contributed by atoms with Gasteiger partial charge in [-0.25, -0.2) is 0 Å². The molecule has 1 aromatic heterocycles. The molecule has 13 heavy (non-hydrogen) atoms. The van der Waals surface area contributed by atoms with Gasteiger partial charge in [0.2, 0.25) is 0 Å². The van der Waals surface area contributed by atoms with Gasteiger partial charge in [-0.2, -0.15) is 0 Å². The van der Waals surface area contributed by atoms with Crippen molar-refractivity contribution in [3.8, 4) is 0 Å². The molecule has 0 unspecified atom stereocenters. The van der Waals surface area contributed by atoms with Crippen LogP contribution in [0.5, 0.6) is 0 Å². The fourth-order valence-corrected chi connectivity index (χ4v) is 1.35. The van der Waals surface area contributed by atoms with Gasteiger partial charge in [0.15, 0.2) is 0 Å². The van der Waals surface area contributed by atoms with E-state index in [2.05, 4.69) is 20.9 Å². The van der Waals surface area contributed by atoms with Crippen LogP contribution in [0.25, 0.3) is 0 Å². The minimum absolute atomic E-state index is 0.0601. The molecule has 1 aromatic rings. The molecular weight excluding hydrogens is 255 g/mol. The highest BCUT2D eigenvalue weighted by atomic mass is 79.9. The average molecular weight is 266 g/mol. The van der Waals surface area contributed by atoms with Crippen LogP contribution in [0.1, 0.15) is 17.4 Å². The molecule has 0 spiro atoms. The van der Waals surface area contributed by atoms with Gasteiger partial charge >= 0.3 is 0 Å². The summed E-state index contributed by atoms with van der Waals surface area (Å²) in [4.78, 5) is 16.0. The number of H-pyrrole nitrogens is 1. The van der Waals surface area contributed by atoms with Gasteiger partial charge in [-0.05, 0) is 28.9 Å². The second-order valence-electron chi connectivity index (χ2n) is 2.66. The molecule has 0 aliphatic heterocycles. The number of carbonyl (C=O) groups excluding carboxylic acids is 1. The average Bonchev–Trinajstić information content (AvgIpc) is 2.44. The fraction of sp³-hybridized carbons (Fsp3) is 0.375. The first-order valence-corrected chi connectivity index (χ1v) is 5.02. The maximum absolute atomic E-state index is 11.6. The van der Waals surface area contributed by atoms with E-state index in [9.17, 15) is 4.79 Å². The third kappa shape index (κ3) is 2.25. The van der Waals surface area contributed by atoms with Gasteiger partial charge in [-0.15, -0.1) is 0 Å². The van der Waals surface area contributed by atoms with Crippen molar-refractivity contribution in [2.75, 3.05) is 13.6 Å². The van der Waals surface area contributed by atoms with Crippen LogP contribution in [0.4, 0.5) is 0 Å². The first-order valence-electron chi connectivity index (χ1n) is 3.85. The highest BCUT2D eigenvalue weighted by Gasteiger charge is 2.13. The van der Waals surface area contributed by atoms with Crippen molar-refractivity contribution in [1.29, 1.82) is 0 Å². The largest absolute Gasteiger partial charge is 0.344 e. The normalized spacial score (nSPS) is 10.2. The smallest absolute Gasteiger partial charge is 0.270 e. The Morgan fingerprint density at radius 3 is 2.77 bits per heavy atom. The van der Waals surface area contributed by atoms with E-state index >= 15 is 0 Å². The van der Waals surface area contributed by atoms with Crippen LogP contribution in [-0.4, -0.2) is 29.4 Å². The second-order valence-corrected chi connectivity index (χ2v) is 3.86. The van der Waals surface area contributed by atoms with Crippen LogP contribution < -0.4 is 0 Å². The van der Waals surface area contributed by atoms with Crippen LogP contribution in [0, 0.1) is 0 Å². The van der Waals surface area contributed by atoms with Crippen molar-refractivity contribution in [2.24, 2.45) is 0 Å². The van der Waals surface area contributed by atoms with E-state index < -0.39 is 0 Å². The van der Waals surface area contributed by atoms with E-state index in [1.807, 2.05) is 6.92 Å². The van der Waals surface area contributed by atoms with Crippen LogP contribution in [0.2, 0.25) is 5.02 Å². The van der Waals surface area contributed by atoms with Crippen LogP contribution in [0.3, 0.4) is 0 Å². The summed E-state index contributed by atoms with van der Waals surface area (Å²) in [6, 6.07) is 1.61. The molecule has 0 radical (unpaired) electrons. The number of hydrogen-bond donors (Lipinski definition) is 1. The number of halogens is 2. The van der Waals surface area contributed by atoms with Gasteiger partial charge in [-0.1, -0.05) is 11.6 Å². The summed E-state index contributed by atoms with van der Waals surface area (Å²) < 4.78 is 0.641. The minimum atomic E-state index is -0.0601. The lowest BCUT2D eigenvalue weighted by molar-refractivity contribution is 0.0797. The van der Waals surface area contributed by atoms with Crippen molar-refractivity contribution in [3.05, 3.63) is 21.4 Å². The van der Waals surface area contributed by atoms with Crippen molar-refractivity contribution in [2.45, 2.75) is 6.92 Å². The Morgan fingerprint density at radius 2 is 2.38 bits per heavy atom. The molecule has 0 saturated heterocycles. The molecule has 3 nitrogen and oxygen atoms in total. The Bertz CT molecular complexity index is 304. The predicted octanol–water partition coefficient (Wildman–Crippen LogP) is 2.52. The van der Waals surface area contributed by atoms with Crippen molar-refractivity contribution in [1.82, 2.24) is 9.88 Å². The zero-order chi connectivity index (χ0) is 10.0. The van der Waals surface area contributed by atoms with E-state index in [-0.39, 0.29) is 5.91 Å². The van der Waals surface area contributed by atoms with Gasteiger partial charge < -0.3 is 9.88 Å². The zero-order valence-electron chi connectivity index (χ0n) is 7.40. The number of carbonyl (C=O) groups is 1. The monoisotopic (exact) mass is 264 g/mol. The van der Waals surface area contributed by atoms with Crippen LogP contribution in [0.15, 0.2) is 10.7 Å². The molecule has 0 aromatic carbocycles. The SMILES string of the molecule is CCN(C)C(=O)c1cc(Cl)c(Br)[nH]1. The summed E-state index contributed by atoms with van der Waals surface area (Å²) in [5, 5.41) is 0.521. The highest BCUT2D eigenvalue weighted by Crippen LogP contribution is 2.22. The lowest BCUT2D eigenvalue weighted by Crippen LogP contribution is -2.26. The molecule has 0 aliphatic rings. The molecular formula is C8H10BrClN2O. The fourth-order valence-electron chi connectivity index (χ4n) is 0.869. The molecule has 1 amide bonds. The molecule has 1 heterocycles. The summed E-state index contributed by atoms with van der Waals surface area (Å²) in [6.45, 7) is 2.59. The van der Waals surface area contributed by atoms with Crippen molar-refractivity contribution in [3.63, 3.8) is 0 Å². The Morgan fingerprint density at radius 1 is 1.77 bits per heavy atom. The number of aromatic nitrogens is 1. The van der Waals surface area contributed by atoms with Crippen LogP contribution in [-0.2, 0) is 0 Å². The van der Waals surface area contributed by atoms with E-state index in [1.165, 1.54) is 0 Å². The Kier molecular flexibility index (Phi) is 3.39. The first-order chi connectivity index (χ1) is 6.06. The molecule has 0 aliphatic carbocycles. The lowest BCUT2D eigenvalue weighted by Gasteiger charge is -2.12. The molecule has 72 valence electrons. The summed E-state index contributed by atoms with van der Waals surface area (Å²) in [7, 11) is 1.74. The predicted molar refractivity (Wildman–Crippen MR) is 56.1 cm³/mol. The lowest BCUT2D eigenvalue weighted by atomic mass is 10.4. The summed E-state index contributed by atoms with van der Waals surface area (Å²) in [6.07, 6.45) is 0. The molecule has 5 heteroatoms. The summed E-state index contributed by atoms with van der Waals surface area (Å²) >= 11 is 8.97. The van der Waals surface area contributed by atoms with Gasteiger partial charge in [-0.3, -0.25) is 4.79 Å². The van der Waals surface area contributed by atoms with E-state index in [1.54, 1.807) is 18.0 Å². The third-order valence-electron chi connectivity index (χ3n) is 1.78. The topological polar surface area (TPSA) is 36.1 Å². The number of nitrogens with zero attached hydrogens (tertiary/aromatic N) is 1. The van der Waals surface area contributed by atoms with E-state index in [0.29, 0.717) is 21.9 Å². The first kappa shape index (κ1) is 10.6. The number of rotatable bonds is 2. The van der Waals surface area contributed by atoms with Gasteiger partial charge in [0, 0.05) is 13.6 Å². The van der Waals surface area contributed by atoms with Gasteiger partial charge in [0.25, 0.3) is 5.91 Å². The van der Waals surface area contributed by atoms with E-state index in [0.717, 1.165) is 0 Å². The molecule has 0 bridgehead atoms. The molecule has 1 rings (SSSR count). The summed E-state index contributed by atoms with van der Waals surface area (Å²) in [5.74, 6) is -0.0601. The maximum Gasteiger partial charge on any atom is 0.270 e. The molecule has 1 N–H and O–H groups in total. The Balaban J connectivity index is 2.89. The second kappa shape index (κ2) is 4.15. The number of amides is 1. The Hall–Kier alpha value is -0.480. The quantitative estimate of drug-likeness (QED) is 0.876. The van der Waals surface area contributed by atoms with Gasteiger partial charge in [0.05, 0.1) is 5.02 Å². The number of aromatic amines is 1. The van der Waals surface area contributed by atoms with Gasteiger partial charge in [0.1, 0.15) is 10.3 Å². The maximum atomic E-state index is 11.6. The van der Waals surface area contributed by atoms with Crippen LogP contribution >= 0.6 is 27.5 Å². The zero-order valence-corrected chi connectivity index (χ0v) is 9.74. The number of nitrogens with one attached hydrogen (secondary N) is 1. The molecule has 0 saturated carbocycles. The number of hydrogen-bond acceptors (Lipinski definition) is 1. The third-order valence-corrected chi connectivity index (χ3v) is 2.93. The van der Waals surface area contributed by atoms with Crippen molar-refractivity contribution >= 4 is 33.4 Å². The molecule has 0 atom stereocenters. The highest BCUT2D eigenvalue weighted by molar-refractivity contribution is 9.10.